The first kappa shape index (κ1) is 10.4. The predicted octanol–water partition coefficient (Wildman–Crippen LogP) is 2.37. The molecule has 14 heavy (non-hydrogen) atoms. The highest BCUT2D eigenvalue weighted by molar-refractivity contribution is 6.40. The van der Waals surface area contributed by atoms with Crippen LogP contribution in [0.2, 0.25) is 0 Å². The molecule has 1 rings (SSSR count). The molecular weight excluding hydrogens is 206 g/mol. The Morgan fingerprint density at radius 3 is 2.79 bits per heavy atom. The molecule has 0 aliphatic heterocycles. The molecule has 0 radical (unpaired) electrons. The van der Waals surface area contributed by atoms with Crippen molar-refractivity contribution < 1.29 is 9.72 Å². The third-order valence-corrected chi connectivity index (χ3v) is 1.70. The number of benzene rings is 1. The van der Waals surface area contributed by atoms with Gasteiger partial charge in [-0.2, -0.15) is 0 Å². The summed E-state index contributed by atoms with van der Waals surface area (Å²) in [7, 11) is 0. The molecule has 0 aromatic heterocycles. The first-order valence-corrected chi connectivity index (χ1v) is 4.08. The maximum atomic E-state index is 10.4. The van der Waals surface area contributed by atoms with E-state index in [1.165, 1.54) is 24.3 Å². The summed E-state index contributed by atoms with van der Waals surface area (Å²) in [4.78, 5) is 20.1. The predicted molar refractivity (Wildman–Crippen MR) is 53.0 cm³/mol. The van der Waals surface area contributed by atoms with Gasteiger partial charge < -0.3 is 0 Å². The molecule has 0 fully saturated rings. The Morgan fingerprint density at radius 1 is 1.50 bits per heavy atom. The molecule has 0 aliphatic carbocycles. The van der Waals surface area contributed by atoms with Gasteiger partial charge in [-0.25, -0.2) is 0 Å². The number of hydrogen-bond acceptors (Lipinski definition) is 3. The maximum Gasteiger partial charge on any atom is 0.270 e. The van der Waals surface area contributed by atoms with Crippen molar-refractivity contribution in [1.82, 2.24) is 0 Å². The monoisotopic (exact) mass is 211 g/mol. The van der Waals surface area contributed by atoms with Crippen LogP contribution in [-0.2, 0) is 4.79 Å². The van der Waals surface area contributed by atoms with Crippen LogP contribution in [0.3, 0.4) is 0 Å². The largest absolute Gasteiger partial charge is 0.297 e. The van der Waals surface area contributed by atoms with E-state index in [0.717, 1.165) is 0 Å². The Bertz CT molecular complexity index is 401. The summed E-state index contributed by atoms with van der Waals surface area (Å²) in [5, 5.41) is 10.4. The number of carbonyl (C=O) groups is 1. The highest BCUT2D eigenvalue weighted by Crippen LogP contribution is 2.15. The standard InChI is InChI=1S/C9H6ClNO3/c10-8(6-12)4-7-2-1-3-9(5-7)11(13)14/h1-6H. The number of nitro groups is 1. The normalized spacial score (nSPS) is 11.1. The summed E-state index contributed by atoms with van der Waals surface area (Å²) >= 11 is 5.45. The average molecular weight is 212 g/mol. The fourth-order valence-corrected chi connectivity index (χ4v) is 1.05. The van der Waals surface area contributed by atoms with E-state index in [0.29, 0.717) is 11.8 Å². The third kappa shape index (κ3) is 2.67. The van der Waals surface area contributed by atoms with E-state index in [4.69, 9.17) is 11.6 Å². The van der Waals surface area contributed by atoms with Crippen LogP contribution in [0.4, 0.5) is 5.69 Å². The Kier molecular flexibility index (Phi) is 3.36. The van der Waals surface area contributed by atoms with Crippen molar-refractivity contribution in [3.63, 3.8) is 0 Å². The molecule has 0 bridgehead atoms. The lowest BCUT2D eigenvalue weighted by Crippen LogP contribution is -1.87. The molecule has 0 unspecified atom stereocenters. The summed E-state index contributed by atoms with van der Waals surface area (Å²) in [6.07, 6.45) is 1.84. The smallest absolute Gasteiger partial charge is 0.270 e. The molecule has 0 saturated carbocycles. The molecule has 0 saturated heterocycles. The van der Waals surface area contributed by atoms with Crippen molar-refractivity contribution in [2.45, 2.75) is 0 Å². The number of rotatable bonds is 3. The number of aldehydes is 1. The van der Waals surface area contributed by atoms with Crippen LogP contribution in [0.1, 0.15) is 5.56 Å². The highest BCUT2D eigenvalue weighted by Gasteiger charge is 2.04. The van der Waals surface area contributed by atoms with Gasteiger partial charge in [0, 0.05) is 12.1 Å². The first-order valence-electron chi connectivity index (χ1n) is 3.70. The fraction of sp³-hybridized carbons (Fsp3) is 0. The van der Waals surface area contributed by atoms with Gasteiger partial charge >= 0.3 is 0 Å². The van der Waals surface area contributed by atoms with E-state index in [-0.39, 0.29) is 10.7 Å². The van der Waals surface area contributed by atoms with Gasteiger partial charge in [0.15, 0.2) is 6.29 Å². The van der Waals surface area contributed by atoms with Crippen molar-refractivity contribution in [2.75, 3.05) is 0 Å². The second kappa shape index (κ2) is 4.53. The van der Waals surface area contributed by atoms with Crippen molar-refractivity contribution in [2.24, 2.45) is 0 Å². The third-order valence-electron chi connectivity index (χ3n) is 1.50. The number of hydrogen-bond donors (Lipinski definition) is 0. The molecule has 0 heterocycles. The average Bonchev–Trinajstić information content (AvgIpc) is 2.18. The van der Waals surface area contributed by atoms with E-state index >= 15 is 0 Å². The summed E-state index contributed by atoms with van der Waals surface area (Å²) in [5.41, 5.74) is 0.491. The quantitative estimate of drug-likeness (QED) is 0.334. The minimum Gasteiger partial charge on any atom is -0.297 e. The Labute approximate surface area is 85.0 Å². The van der Waals surface area contributed by atoms with Gasteiger partial charge in [-0.05, 0) is 11.6 Å². The molecule has 0 atom stereocenters. The summed E-state index contributed by atoms with van der Waals surface area (Å²) in [6, 6.07) is 5.86. The second-order valence-corrected chi connectivity index (χ2v) is 2.94. The van der Waals surface area contributed by atoms with Crippen LogP contribution < -0.4 is 0 Å². The van der Waals surface area contributed by atoms with E-state index in [1.807, 2.05) is 0 Å². The molecule has 1 aromatic carbocycles. The second-order valence-electron chi connectivity index (χ2n) is 2.50. The first-order chi connectivity index (χ1) is 6.63. The molecular formula is C9H6ClNO3. The van der Waals surface area contributed by atoms with E-state index in [9.17, 15) is 14.9 Å². The number of halogens is 1. The van der Waals surface area contributed by atoms with Crippen molar-refractivity contribution in [1.29, 1.82) is 0 Å². The summed E-state index contributed by atoms with van der Waals surface area (Å²) < 4.78 is 0. The molecule has 72 valence electrons. The zero-order chi connectivity index (χ0) is 10.6. The molecule has 0 N–H and O–H groups in total. The highest BCUT2D eigenvalue weighted by atomic mass is 35.5. The van der Waals surface area contributed by atoms with Gasteiger partial charge in [0.2, 0.25) is 0 Å². The molecule has 4 nitrogen and oxygen atoms in total. The van der Waals surface area contributed by atoms with Crippen LogP contribution in [0, 0.1) is 10.1 Å². The van der Waals surface area contributed by atoms with Crippen molar-refractivity contribution >= 4 is 29.7 Å². The lowest BCUT2D eigenvalue weighted by molar-refractivity contribution is -0.384. The van der Waals surface area contributed by atoms with E-state index in [1.54, 1.807) is 6.07 Å². The maximum absolute atomic E-state index is 10.4. The van der Waals surface area contributed by atoms with E-state index < -0.39 is 4.92 Å². The lowest BCUT2D eigenvalue weighted by Gasteiger charge is -1.93. The zero-order valence-corrected chi connectivity index (χ0v) is 7.77. The van der Waals surface area contributed by atoms with Crippen LogP contribution in [-0.4, -0.2) is 11.2 Å². The topological polar surface area (TPSA) is 60.2 Å². The minimum absolute atomic E-state index is 0.00509. The Balaban J connectivity index is 3.06. The van der Waals surface area contributed by atoms with Gasteiger partial charge in [-0.3, -0.25) is 14.9 Å². The van der Waals surface area contributed by atoms with Crippen molar-refractivity contribution in [3.8, 4) is 0 Å². The van der Waals surface area contributed by atoms with Crippen LogP contribution in [0.15, 0.2) is 29.3 Å². The van der Waals surface area contributed by atoms with E-state index in [2.05, 4.69) is 0 Å². The summed E-state index contributed by atoms with van der Waals surface area (Å²) in [6.45, 7) is 0. The molecule has 0 amide bonds. The van der Waals surface area contributed by atoms with Gasteiger partial charge in [-0.15, -0.1) is 0 Å². The molecule has 0 spiro atoms. The van der Waals surface area contributed by atoms with Crippen LogP contribution in [0.5, 0.6) is 0 Å². The number of allylic oxidation sites excluding steroid dienone is 1. The van der Waals surface area contributed by atoms with Gasteiger partial charge in [-0.1, -0.05) is 23.7 Å². The number of nitrogens with zero attached hydrogens (tertiary/aromatic N) is 1. The SMILES string of the molecule is O=CC(Cl)=Cc1cccc([N+](=O)[O-])c1. The molecule has 0 aliphatic rings. The zero-order valence-electron chi connectivity index (χ0n) is 7.01. The number of carbonyl (C=O) groups excluding carboxylic acids is 1. The Morgan fingerprint density at radius 2 is 2.21 bits per heavy atom. The number of nitro benzene ring substituents is 1. The van der Waals surface area contributed by atoms with Crippen molar-refractivity contribution in [3.05, 3.63) is 45.0 Å². The molecule has 5 heteroatoms. The Hall–Kier alpha value is -1.68. The van der Waals surface area contributed by atoms with Crippen LogP contribution >= 0.6 is 11.6 Å². The summed E-state index contributed by atoms with van der Waals surface area (Å²) in [5.74, 6) is 0. The lowest BCUT2D eigenvalue weighted by atomic mass is 10.2. The molecule has 1 aromatic rings. The van der Waals surface area contributed by atoms with Crippen LogP contribution in [0.25, 0.3) is 6.08 Å². The van der Waals surface area contributed by atoms with Gasteiger partial charge in [0.25, 0.3) is 5.69 Å². The van der Waals surface area contributed by atoms with Gasteiger partial charge in [0.05, 0.1) is 9.96 Å². The fourth-order valence-electron chi connectivity index (χ4n) is 0.921. The minimum atomic E-state index is -0.508. The van der Waals surface area contributed by atoms with Gasteiger partial charge in [0.1, 0.15) is 0 Å². The number of non-ortho nitro benzene ring substituents is 1.